The van der Waals surface area contributed by atoms with E-state index in [0.29, 0.717) is 5.69 Å². The van der Waals surface area contributed by atoms with Gasteiger partial charge in [0.1, 0.15) is 0 Å². The average Bonchev–Trinajstić information content (AvgIpc) is 2.81. The van der Waals surface area contributed by atoms with Gasteiger partial charge in [-0.25, -0.2) is 0 Å². The number of nitrogens with zero attached hydrogens (tertiary/aromatic N) is 2. The molecule has 0 spiro atoms. The van der Waals surface area contributed by atoms with Crippen LogP contribution in [0.4, 0.5) is 11.4 Å². The lowest BCUT2D eigenvalue weighted by atomic mass is 10.1. The van der Waals surface area contributed by atoms with Crippen molar-refractivity contribution in [3.05, 3.63) is 52.6 Å². The van der Waals surface area contributed by atoms with E-state index in [1.165, 1.54) is 12.1 Å². The van der Waals surface area contributed by atoms with E-state index in [9.17, 15) is 10.1 Å². The van der Waals surface area contributed by atoms with Gasteiger partial charge in [0.15, 0.2) is 0 Å². The van der Waals surface area contributed by atoms with Crippen LogP contribution in [0.5, 0.6) is 0 Å². The van der Waals surface area contributed by atoms with Gasteiger partial charge in [-0.2, -0.15) is 5.10 Å². The summed E-state index contributed by atoms with van der Waals surface area (Å²) in [6.07, 6.45) is 0. The van der Waals surface area contributed by atoms with Crippen LogP contribution in [-0.2, 0) is 0 Å². The first-order valence-electron chi connectivity index (χ1n) is 5.63. The molecule has 19 heavy (non-hydrogen) atoms. The van der Waals surface area contributed by atoms with Gasteiger partial charge >= 0.3 is 0 Å². The summed E-state index contributed by atoms with van der Waals surface area (Å²) in [6, 6.07) is 11.8. The van der Waals surface area contributed by atoms with Crippen LogP contribution < -0.4 is 5.73 Å². The zero-order valence-electron chi connectivity index (χ0n) is 9.83. The fraction of sp³-hybridized carbons (Fsp3) is 0. The molecule has 0 radical (unpaired) electrons. The van der Waals surface area contributed by atoms with Gasteiger partial charge in [0.25, 0.3) is 5.69 Å². The number of H-pyrrole nitrogens is 1. The van der Waals surface area contributed by atoms with Crippen LogP contribution >= 0.6 is 0 Å². The highest BCUT2D eigenvalue weighted by Crippen LogP contribution is 2.28. The minimum atomic E-state index is -0.423. The Morgan fingerprint density at radius 3 is 2.58 bits per heavy atom. The monoisotopic (exact) mass is 254 g/mol. The van der Waals surface area contributed by atoms with Gasteiger partial charge in [0, 0.05) is 28.8 Å². The van der Waals surface area contributed by atoms with Gasteiger partial charge in [-0.3, -0.25) is 15.2 Å². The van der Waals surface area contributed by atoms with Crippen molar-refractivity contribution in [2.75, 3.05) is 5.73 Å². The van der Waals surface area contributed by atoms with Crippen molar-refractivity contribution in [3.63, 3.8) is 0 Å². The summed E-state index contributed by atoms with van der Waals surface area (Å²) in [5, 5.41) is 18.7. The van der Waals surface area contributed by atoms with E-state index in [1.807, 2.05) is 6.07 Å². The molecule has 0 amide bonds. The lowest BCUT2D eigenvalue weighted by Crippen LogP contribution is -1.87. The van der Waals surface area contributed by atoms with Crippen LogP contribution in [0.3, 0.4) is 0 Å². The molecule has 3 aromatic rings. The number of benzene rings is 2. The maximum Gasteiger partial charge on any atom is 0.269 e. The molecule has 0 aliphatic carbocycles. The molecule has 0 saturated carbocycles. The van der Waals surface area contributed by atoms with Gasteiger partial charge in [-0.15, -0.1) is 0 Å². The maximum absolute atomic E-state index is 10.6. The Morgan fingerprint density at radius 2 is 1.89 bits per heavy atom. The van der Waals surface area contributed by atoms with Crippen LogP contribution in [0.15, 0.2) is 42.5 Å². The molecule has 0 aliphatic heterocycles. The lowest BCUT2D eigenvalue weighted by Gasteiger charge is -1.98. The second-order valence-corrected chi connectivity index (χ2v) is 4.18. The number of hydrogen-bond donors (Lipinski definition) is 2. The predicted molar refractivity (Wildman–Crippen MR) is 72.6 cm³/mol. The van der Waals surface area contributed by atoms with Crippen LogP contribution in [0.25, 0.3) is 22.2 Å². The SMILES string of the molecule is Nc1ccc2c(-c3ccc([N+](=O)[O-])cc3)n[nH]c2c1. The van der Waals surface area contributed by atoms with E-state index in [0.717, 1.165) is 22.2 Å². The van der Waals surface area contributed by atoms with Crippen molar-refractivity contribution < 1.29 is 4.92 Å². The first-order valence-corrected chi connectivity index (χ1v) is 5.63. The summed E-state index contributed by atoms with van der Waals surface area (Å²) in [5.41, 5.74) is 8.84. The summed E-state index contributed by atoms with van der Waals surface area (Å²) in [4.78, 5) is 10.2. The second kappa shape index (κ2) is 4.09. The summed E-state index contributed by atoms with van der Waals surface area (Å²) in [7, 11) is 0. The number of anilines is 1. The van der Waals surface area contributed by atoms with Crippen molar-refractivity contribution in [2.24, 2.45) is 0 Å². The number of nitrogen functional groups attached to an aromatic ring is 1. The van der Waals surface area contributed by atoms with Crippen LogP contribution in [0, 0.1) is 10.1 Å². The third kappa shape index (κ3) is 1.89. The number of aromatic nitrogens is 2. The fourth-order valence-corrected chi connectivity index (χ4v) is 2.00. The number of aromatic amines is 1. The Kier molecular flexibility index (Phi) is 2.42. The Hall–Kier alpha value is -2.89. The molecular formula is C13H10N4O2. The number of nitro benzene ring substituents is 1. The summed E-state index contributed by atoms with van der Waals surface area (Å²) >= 11 is 0. The van der Waals surface area contributed by atoms with E-state index in [1.54, 1.807) is 24.3 Å². The summed E-state index contributed by atoms with van der Waals surface area (Å²) in [6.45, 7) is 0. The molecule has 6 heteroatoms. The van der Waals surface area contributed by atoms with Crippen molar-refractivity contribution in [3.8, 4) is 11.3 Å². The zero-order valence-corrected chi connectivity index (χ0v) is 9.83. The van der Waals surface area contributed by atoms with E-state index in [2.05, 4.69) is 10.2 Å². The molecule has 6 nitrogen and oxygen atoms in total. The molecule has 0 fully saturated rings. The predicted octanol–water partition coefficient (Wildman–Crippen LogP) is 2.72. The highest BCUT2D eigenvalue weighted by molar-refractivity contribution is 5.94. The van der Waals surface area contributed by atoms with Crippen molar-refractivity contribution in [1.29, 1.82) is 0 Å². The second-order valence-electron chi connectivity index (χ2n) is 4.18. The van der Waals surface area contributed by atoms with Crippen molar-refractivity contribution >= 4 is 22.3 Å². The number of rotatable bonds is 2. The highest BCUT2D eigenvalue weighted by Gasteiger charge is 2.10. The lowest BCUT2D eigenvalue weighted by molar-refractivity contribution is -0.384. The molecule has 3 rings (SSSR count). The normalized spacial score (nSPS) is 10.7. The topological polar surface area (TPSA) is 97.8 Å². The molecule has 1 aromatic heterocycles. The summed E-state index contributed by atoms with van der Waals surface area (Å²) in [5.74, 6) is 0. The Bertz CT molecular complexity index is 762. The zero-order chi connectivity index (χ0) is 13.4. The molecule has 1 heterocycles. The van der Waals surface area contributed by atoms with Crippen LogP contribution in [-0.4, -0.2) is 15.1 Å². The number of nitro groups is 1. The molecule has 94 valence electrons. The molecule has 2 aromatic carbocycles. The number of non-ortho nitro benzene ring substituents is 1. The minimum Gasteiger partial charge on any atom is -0.399 e. The Morgan fingerprint density at radius 1 is 1.16 bits per heavy atom. The number of nitrogens with one attached hydrogen (secondary N) is 1. The highest BCUT2D eigenvalue weighted by atomic mass is 16.6. The molecule has 0 aliphatic rings. The number of fused-ring (bicyclic) bond motifs is 1. The van der Waals surface area contributed by atoms with Gasteiger partial charge in [-0.1, -0.05) is 0 Å². The summed E-state index contributed by atoms with van der Waals surface area (Å²) < 4.78 is 0. The third-order valence-electron chi connectivity index (χ3n) is 2.94. The van der Waals surface area contributed by atoms with E-state index in [-0.39, 0.29) is 5.69 Å². The van der Waals surface area contributed by atoms with Gasteiger partial charge in [0.05, 0.1) is 16.1 Å². The smallest absolute Gasteiger partial charge is 0.269 e. The van der Waals surface area contributed by atoms with E-state index in [4.69, 9.17) is 5.73 Å². The van der Waals surface area contributed by atoms with Gasteiger partial charge in [-0.05, 0) is 30.3 Å². The average molecular weight is 254 g/mol. The molecule has 0 bridgehead atoms. The minimum absolute atomic E-state index is 0.0628. The van der Waals surface area contributed by atoms with Gasteiger partial charge in [0.2, 0.25) is 0 Å². The molecule has 3 N–H and O–H groups in total. The van der Waals surface area contributed by atoms with E-state index < -0.39 is 4.92 Å². The quantitative estimate of drug-likeness (QED) is 0.417. The number of hydrogen-bond acceptors (Lipinski definition) is 4. The fourth-order valence-electron chi connectivity index (χ4n) is 2.00. The van der Waals surface area contributed by atoms with E-state index >= 15 is 0 Å². The number of nitrogens with two attached hydrogens (primary N) is 1. The van der Waals surface area contributed by atoms with Crippen LogP contribution in [0.2, 0.25) is 0 Å². The third-order valence-corrected chi connectivity index (χ3v) is 2.94. The molecule has 0 atom stereocenters. The standard InChI is InChI=1S/C13H10N4O2/c14-9-3-6-11-12(7-9)15-16-13(11)8-1-4-10(5-2-8)17(18)19/h1-7H,14H2,(H,15,16). The molecule has 0 unspecified atom stereocenters. The van der Waals surface area contributed by atoms with Crippen LogP contribution in [0.1, 0.15) is 0 Å². The Balaban J connectivity index is 2.11. The van der Waals surface area contributed by atoms with Gasteiger partial charge < -0.3 is 5.73 Å². The van der Waals surface area contributed by atoms with Crippen molar-refractivity contribution in [2.45, 2.75) is 0 Å². The first-order chi connectivity index (χ1) is 9.15. The molecular weight excluding hydrogens is 244 g/mol. The maximum atomic E-state index is 10.6. The van der Waals surface area contributed by atoms with Crippen molar-refractivity contribution in [1.82, 2.24) is 10.2 Å². The largest absolute Gasteiger partial charge is 0.399 e. The molecule has 0 saturated heterocycles. The first kappa shape index (κ1) is 11.2. The Labute approximate surface area is 108 Å².